The molecule has 0 fully saturated rings. The van der Waals surface area contributed by atoms with Crippen LogP contribution in [0.2, 0.25) is 0 Å². The molecule has 0 bridgehead atoms. The van der Waals surface area contributed by atoms with E-state index in [-0.39, 0.29) is 31.9 Å². The molecule has 0 spiro atoms. The molecule has 0 heterocycles. The number of carboxylic acid groups (broad SMARTS) is 3. The van der Waals surface area contributed by atoms with Gasteiger partial charge in [0.1, 0.15) is 6.04 Å². The number of ether oxygens (including phenoxy) is 3. The first-order valence-electron chi connectivity index (χ1n) is 12.0. The Bertz CT molecular complexity index is 771. The van der Waals surface area contributed by atoms with E-state index in [2.05, 4.69) is 15.4 Å². The lowest BCUT2D eigenvalue weighted by Gasteiger charge is -2.31. The Morgan fingerprint density at radius 1 is 0.865 bits per heavy atom. The topological polar surface area (TPSA) is 224 Å². The second-order valence-electron chi connectivity index (χ2n) is 9.66. The maximum absolute atomic E-state index is 12.0. The molecule has 1 unspecified atom stereocenters. The van der Waals surface area contributed by atoms with Crippen molar-refractivity contribution in [3.05, 3.63) is 0 Å². The summed E-state index contributed by atoms with van der Waals surface area (Å²) in [6.45, 7) is 8.57. The highest BCUT2D eigenvalue weighted by molar-refractivity contribution is 5.82. The summed E-state index contributed by atoms with van der Waals surface area (Å²) in [6.07, 6.45) is -3.11. The van der Waals surface area contributed by atoms with Crippen LogP contribution in [0.3, 0.4) is 0 Å². The van der Waals surface area contributed by atoms with Gasteiger partial charge in [0.25, 0.3) is 0 Å². The van der Waals surface area contributed by atoms with Crippen molar-refractivity contribution in [3.63, 3.8) is 0 Å². The minimum absolute atomic E-state index is 0.00359. The Kier molecular flexibility index (Phi) is 15.4. The molecule has 0 aromatic rings. The van der Waals surface area contributed by atoms with Crippen molar-refractivity contribution in [2.75, 3.05) is 26.3 Å². The van der Waals surface area contributed by atoms with Gasteiger partial charge in [-0.1, -0.05) is 0 Å². The van der Waals surface area contributed by atoms with Gasteiger partial charge in [0.2, 0.25) is 12.0 Å². The third kappa shape index (κ3) is 17.2. The number of amides is 2. The average Bonchev–Trinajstić information content (AvgIpc) is 2.79. The molecule has 0 saturated heterocycles. The van der Waals surface area contributed by atoms with Crippen LogP contribution in [0.4, 0.5) is 4.79 Å². The fourth-order valence-corrected chi connectivity index (χ4v) is 2.73. The summed E-state index contributed by atoms with van der Waals surface area (Å²) >= 11 is 0. The number of carbonyl (C=O) groups is 5. The van der Waals surface area contributed by atoms with Crippen LogP contribution in [-0.4, -0.2) is 94.9 Å². The van der Waals surface area contributed by atoms with Crippen LogP contribution in [0.1, 0.15) is 66.2 Å². The van der Waals surface area contributed by atoms with Gasteiger partial charge in [0.05, 0.1) is 24.4 Å². The summed E-state index contributed by atoms with van der Waals surface area (Å²) in [5.41, 5.74) is 4.55. The first kappa shape index (κ1) is 34.0. The second-order valence-corrected chi connectivity index (χ2v) is 9.66. The fourth-order valence-electron chi connectivity index (χ4n) is 2.73. The van der Waals surface area contributed by atoms with Crippen LogP contribution in [0, 0.1) is 0 Å². The van der Waals surface area contributed by atoms with Crippen LogP contribution in [0.15, 0.2) is 0 Å². The Balaban J connectivity index is 4.29. The Hall–Kier alpha value is -2.97. The number of carboxylic acids is 3. The molecule has 0 aromatic heterocycles. The highest BCUT2D eigenvalue weighted by atomic mass is 16.6. The zero-order valence-corrected chi connectivity index (χ0v) is 21.9. The second kappa shape index (κ2) is 16.7. The quantitative estimate of drug-likeness (QED) is 0.119. The van der Waals surface area contributed by atoms with Crippen molar-refractivity contribution in [2.45, 2.75) is 89.6 Å². The van der Waals surface area contributed by atoms with Crippen molar-refractivity contribution < 1.29 is 53.5 Å². The maximum atomic E-state index is 12.0. The summed E-state index contributed by atoms with van der Waals surface area (Å²) in [6, 6.07) is -1.35. The number of rotatable bonds is 20. The molecule has 0 aromatic carbocycles. The van der Waals surface area contributed by atoms with Crippen LogP contribution < -0.4 is 16.4 Å². The van der Waals surface area contributed by atoms with Crippen molar-refractivity contribution >= 4 is 29.9 Å². The van der Waals surface area contributed by atoms with Gasteiger partial charge in [-0.2, -0.15) is 0 Å². The highest BCUT2D eigenvalue weighted by Gasteiger charge is 2.27. The molecule has 14 nitrogen and oxygen atoms in total. The molecule has 0 radical (unpaired) electrons. The lowest BCUT2D eigenvalue weighted by molar-refractivity contribution is -0.148. The van der Waals surface area contributed by atoms with E-state index in [0.29, 0.717) is 26.0 Å². The van der Waals surface area contributed by atoms with Gasteiger partial charge in [-0.05, 0) is 47.0 Å². The van der Waals surface area contributed by atoms with Gasteiger partial charge in [-0.3, -0.25) is 9.59 Å². The number of unbranched alkanes of at least 4 members (excludes halogenated alkanes) is 1. The largest absolute Gasteiger partial charge is 0.481 e. The SMILES string of the molecule is CC(C)(CN)OCC(C)(C)OCCC(=O)NCCCC[C@H](NC(=O)OC(CCC(=O)O)C(=O)O)C(=O)O. The molecule has 7 N–H and O–H groups in total. The zero-order valence-electron chi connectivity index (χ0n) is 21.9. The first-order chi connectivity index (χ1) is 17.1. The molecule has 0 aliphatic heterocycles. The van der Waals surface area contributed by atoms with E-state index in [4.69, 9.17) is 25.4 Å². The number of hydrogen-bond acceptors (Lipinski definition) is 9. The van der Waals surface area contributed by atoms with Crippen LogP contribution in [-0.2, 0) is 33.4 Å². The zero-order chi connectivity index (χ0) is 28.6. The van der Waals surface area contributed by atoms with E-state index in [9.17, 15) is 29.1 Å². The van der Waals surface area contributed by atoms with E-state index >= 15 is 0 Å². The van der Waals surface area contributed by atoms with Gasteiger partial charge in [-0.15, -0.1) is 0 Å². The highest BCUT2D eigenvalue weighted by Crippen LogP contribution is 2.15. The normalized spacial score (nSPS) is 13.3. The Morgan fingerprint density at radius 2 is 1.51 bits per heavy atom. The van der Waals surface area contributed by atoms with Crippen molar-refractivity contribution in [3.8, 4) is 0 Å². The van der Waals surface area contributed by atoms with E-state index < -0.39 is 60.2 Å². The summed E-state index contributed by atoms with van der Waals surface area (Å²) < 4.78 is 16.1. The molecule has 0 aliphatic carbocycles. The van der Waals surface area contributed by atoms with Gasteiger partial charge in [0, 0.05) is 32.4 Å². The molecule has 2 amide bonds. The summed E-state index contributed by atoms with van der Waals surface area (Å²) in [5.74, 6) is -4.40. The predicted molar refractivity (Wildman–Crippen MR) is 130 cm³/mol. The predicted octanol–water partition coefficient (Wildman–Crippen LogP) is 0.710. The van der Waals surface area contributed by atoms with Gasteiger partial charge in [0.15, 0.2) is 0 Å². The summed E-state index contributed by atoms with van der Waals surface area (Å²) in [7, 11) is 0. The van der Waals surface area contributed by atoms with Crippen LogP contribution in [0.25, 0.3) is 0 Å². The van der Waals surface area contributed by atoms with E-state index in [0.717, 1.165) is 0 Å². The molecule has 0 rings (SSSR count). The van der Waals surface area contributed by atoms with Gasteiger partial charge in [-0.25, -0.2) is 14.4 Å². The Labute approximate surface area is 216 Å². The summed E-state index contributed by atoms with van der Waals surface area (Å²) in [4.78, 5) is 57.0. The number of carbonyl (C=O) groups excluding carboxylic acids is 2. The molecule has 0 saturated carbocycles. The average molecular weight is 536 g/mol. The van der Waals surface area contributed by atoms with Crippen molar-refractivity contribution in [1.82, 2.24) is 10.6 Å². The third-order valence-corrected chi connectivity index (χ3v) is 5.10. The molecular weight excluding hydrogens is 494 g/mol. The molecule has 14 heteroatoms. The molecular formula is C23H41N3O11. The van der Waals surface area contributed by atoms with E-state index in [1.54, 1.807) is 0 Å². The van der Waals surface area contributed by atoms with Crippen LogP contribution in [0.5, 0.6) is 0 Å². The lowest BCUT2D eigenvalue weighted by Crippen LogP contribution is -2.43. The van der Waals surface area contributed by atoms with Crippen LogP contribution >= 0.6 is 0 Å². The number of aliphatic carboxylic acids is 3. The lowest BCUT2D eigenvalue weighted by atomic mass is 10.1. The van der Waals surface area contributed by atoms with Gasteiger partial charge < -0.3 is 45.9 Å². The number of nitrogens with one attached hydrogen (secondary N) is 2. The van der Waals surface area contributed by atoms with E-state index in [1.807, 2.05) is 27.7 Å². The summed E-state index contributed by atoms with van der Waals surface area (Å²) in [5, 5.41) is 31.7. The maximum Gasteiger partial charge on any atom is 0.408 e. The smallest absolute Gasteiger partial charge is 0.408 e. The molecule has 2 atom stereocenters. The molecule has 0 aliphatic rings. The van der Waals surface area contributed by atoms with Crippen molar-refractivity contribution in [1.29, 1.82) is 0 Å². The standard InChI is InChI=1S/C23H41N3O11/c1-22(2,13-24)36-14-23(3,4)35-12-10-17(27)25-11-6-5-7-15(19(30)31)26-21(34)37-16(20(32)33)8-9-18(28)29/h15-16H,5-14,24H2,1-4H3,(H,25,27)(H,26,34)(H,28,29)(H,30,31)(H,32,33)/t15-,16?/m0/s1. The monoisotopic (exact) mass is 535 g/mol. The minimum atomic E-state index is -1.72. The third-order valence-electron chi connectivity index (χ3n) is 5.10. The Morgan fingerprint density at radius 3 is 2.05 bits per heavy atom. The fraction of sp³-hybridized carbons (Fsp3) is 0.783. The van der Waals surface area contributed by atoms with E-state index in [1.165, 1.54) is 0 Å². The minimum Gasteiger partial charge on any atom is -0.481 e. The molecule has 37 heavy (non-hydrogen) atoms. The first-order valence-corrected chi connectivity index (χ1v) is 12.0. The number of alkyl carbamates (subject to hydrolysis) is 1. The van der Waals surface area contributed by atoms with Gasteiger partial charge >= 0.3 is 24.0 Å². The number of nitrogens with two attached hydrogens (primary N) is 1. The number of hydrogen-bond donors (Lipinski definition) is 6. The van der Waals surface area contributed by atoms with Crippen molar-refractivity contribution in [2.24, 2.45) is 5.73 Å². The molecule has 214 valence electrons.